The number of aromatic nitrogens is 6. The zero-order chi connectivity index (χ0) is 104. The van der Waals surface area contributed by atoms with Crippen molar-refractivity contribution in [3.63, 3.8) is 0 Å². The maximum absolute atomic E-state index is 17.3. The number of hydrogen-bond acceptors (Lipinski definition) is 18. The van der Waals surface area contributed by atoms with Crippen LogP contribution in [0.2, 0.25) is 0 Å². The van der Waals surface area contributed by atoms with E-state index in [1.807, 2.05) is 27.7 Å². The summed E-state index contributed by atoms with van der Waals surface area (Å²) >= 11 is 0. The number of phenolic OH excluding ortho intramolecular Hbond substituents is 3. The second-order valence-electron chi connectivity index (χ2n) is 37.5. The van der Waals surface area contributed by atoms with Crippen LogP contribution in [0, 0.1) is 73.1 Å². The molecule has 6 amide bonds. The fourth-order valence-corrected chi connectivity index (χ4v) is 20.8. The number of alkyl halides is 2. The van der Waals surface area contributed by atoms with E-state index >= 15 is 48.3 Å². The summed E-state index contributed by atoms with van der Waals surface area (Å²) in [7, 11) is 3.85. The van der Waals surface area contributed by atoms with Crippen LogP contribution in [0.1, 0.15) is 121 Å². The van der Waals surface area contributed by atoms with Crippen LogP contribution < -0.4 is 46.1 Å². The van der Waals surface area contributed by atoms with E-state index in [1.54, 1.807) is 91.6 Å². The average Bonchev–Trinajstić information content (AvgIpc) is 0.695. The van der Waals surface area contributed by atoms with Crippen molar-refractivity contribution in [2.45, 2.75) is 143 Å². The van der Waals surface area contributed by atoms with Gasteiger partial charge in [-0.3, -0.25) is 71.8 Å². The molecular weight excluding hydrogens is 1860 g/mol. The lowest BCUT2D eigenvalue weighted by molar-refractivity contribution is -0.141. The highest BCUT2D eigenvalue weighted by atomic mass is 19.2. The Balaban J connectivity index is 0.000000153. The Kier molecular flexibility index (Phi) is 25.4. The van der Waals surface area contributed by atoms with Crippen molar-refractivity contribution in [1.29, 1.82) is 0 Å². The molecule has 6 aromatic heterocycles. The van der Waals surface area contributed by atoms with E-state index in [0.29, 0.717) is 33.8 Å². The molecule has 27 nitrogen and oxygen atoms in total. The summed E-state index contributed by atoms with van der Waals surface area (Å²) in [5.41, 5.74) is -10.3. The number of benzene rings is 6. The SMILES string of the molecule is C=CC(=O)N1CC2(C)C(=O)N(C)c3c(c4cc(F)c(-c5c(O)cccc5F)c(F)c4n(-c4c(C)ccnc4C(C)C)c3=O)N2CC1C.C=CC(=O)N1CC2(CF)C(=O)N(C)c3c(c4cc(F)c(-c5c(O)cccc5F)c(F)c4n(-c4c(C)ccnc4C(C)C)c3=O)N2CC1C.C=CC(=O)N1CC2(F)C(=O)N(C)c3c(c4cc(F)c(-c5c(O)cccc5F)c(F)c4n(-c4c(C)ccnc4C(C)C)c3=O)N2CC1C. The molecule has 38 heteroatoms. The molecule has 6 unspecified atom stereocenters. The number of fused-ring (bicyclic) bond motifs is 15. The number of amides is 6. The zero-order valence-corrected chi connectivity index (χ0v) is 80.0. The third kappa shape index (κ3) is 14.9. The van der Waals surface area contributed by atoms with Crippen LogP contribution in [0.15, 0.2) is 162 Å². The third-order valence-corrected chi connectivity index (χ3v) is 27.7. The second kappa shape index (κ2) is 36.3. The molecule has 6 atom stereocenters. The van der Waals surface area contributed by atoms with Gasteiger partial charge in [0, 0.05) is 93.7 Å². The predicted octanol–water partition coefficient (Wildman–Crippen LogP) is 16.6. The van der Waals surface area contributed by atoms with Crippen molar-refractivity contribution in [1.82, 2.24) is 43.4 Å². The molecule has 3 fully saturated rings. The van der Waals surface area contributed by atoms with Crippen LogP contribution in [0.25, 0.3) is 83.2 Å². The highest BCUT2D eigenvalue weighted by Crippen LogP contribution is 2.55. The van der Waals surface area contributed by atoms with E-state index in [9.17, 15) is 58.5 Å². The molecule has 6 aromatic carbocycles. The Morgan fingerprint density at radius 2 is 0.704 bits per heavy atom. The molecule has 0 spiro atoms. The summed E-state index contributed by atoms with van der Waals surface area (Å²) in [4.78, 5) is 149. The van der Waals surface area contributed by atoms with Gasteiger partial charge in [-0.15, -0.1) is 0 Å². The minimum atomic E-state index is -2.93. The second-order valence-corrected chi connectivity index (χ2v) is 37.5. The van der Waals surface area contributed by atoms with Crippen molar-refractivity contribution >= 4 is 102 Å². The highest BCUT2D eigenvalue weighted by Gasteiger charge is 2.61. The van der Waals surface area contributed by atoms with Crippen molar-refractivity contribution in [3.05, 3.63) is 265 Å². The largest absolute Gasteiger partial charge is 0.507 e. The van der Waals surface area contributed by atoms with Crippen molar-refractivity contribution in [2.24, 2.45) is 0 Å². The molecule has 6 aliphatic heterocycles. The van der Waals surface area contributed by atoms with E-state index in [4.69, 9.17) is 0 Å². The molecule has 0 radical (unpaired) electrons. The van der Waals surface area contributed by atoms with Crippen LogP contribution in [0.5, 0.6) is 17.2 Å². The average molecular weight is 1960 g/mol. The number of phenols is 3. The standard InChI is InChI=1S/C35H33F4N5O4.C35H34F3N5O4.C34H31F4N5O4/c1-7-24(46)42-16-35(15-36)34(48)41(6)32-31(43(35)14-19(42)5)20-13-22(38)26(25-21(37)9-8-10-23(25)45)27(39)30(20)44(33(32)47)29-18(4)11-12-40-28(29)17(2)3;1-8-24(45)41-16-35(6)34(47)40(7)32-31(42(35)15-19(41)5)20-14-22(37)26(25-21(36)10-9-11-23(25)44)27(38)30(20)43(33(32)46)29-18(4)12-13-39-28(29)17(2)3;1-7-23(45)41-15-34(38)33(47)40(6)31-30(42(34)14-18(41)5)19-13-21(36)25(24-20(35)9-8-10-22(24)44)26(37)29(19)43(32(31)46)28-17(4)11-12-39-27(28)16(2)3/h7-13,17,19,45H,1,14-16H2,2-6H3;8-14,17,19,44H,1,15-16H2,2-7H3;7-13,16,18,44H,1,14-15H2,2-6H3. The molecule has 0 aliphatic carbocycles. The summed E-state index contributed by atoms with van der Waals surface area (Å²) < 4.78 is 182. The molecule has 738 valence electrons. The number of hydrogen-bond donors (Lipinski definition) is 3. The normalized spacial score (nSPS) is 19.3. The number of pyridine rings is 6. The smallest absolute Gasteiger partial charge is 0.287 e. The molecule has 3 saturated heterocycles. The van der Waals surface area contributed by atoms with Crippen molar-refractivity contribution in [3.8, 4) is 67.7 Å². The summed E-state index contributed by atoms with van der Waals surface area (Å²) in [6, 6.07) is 15.3. The molecule has 12 aromatic rings. The Labute approximate surface area is 805 Å². The Morgan fingerprint density at radius 1 is 0.408 bits per heavy atom. The van der Waals surface area contributed by atoms with Gasteiger partial charge in [-0.2, -0.15) is 0 Å². The number of piperazine rings is 3. The van der Waals surface area contributed by atoms with Gasteiger partial charge in [0.25, 0.3) is 40.2 Å². The number of halogens is 11. The van der Waals surface area contributed by atoms with Gasteiger partial charge in [-0.05, 0) is 174 Å². The Morgan fingerprint density at radius 3 is 1.03 bits per heavy atom. The van der Waals surface area contributed by atoms with Crippen LogP contribution in [-0.2, 0) is 28.8 Å². The molecule has 0 bridgehead atoms. The fraction of sp³-hybridized carbons (Fsp3) is 0.308. The molecule has 12 heterocycles. The van der Waals surface area contributed by atoms with E-state index < -0.39 is 215 Å². The lowest BCUT2D eigenvalue weighted by atomic mass is 9.86. The Hall–Kier alpha value is -15.5. The number of likely N-dealkylation sites (N-methyl/N-ethyl adjacent to an activating group) is 3. The van der Waals surface area contributed by atoms with Crippen LogP contribution in [0.4, 0.5) is 82.4 Å². The summed E-state index contributed by atoms with van der Waals surface area (Å²) in [6.07, 6.45) is 7.78. The molecule has 18 rings (SSSR count). The minimum Gasteiger partial charge on any atom is -0.507 e. The predicted molar refractivity (Wildman–Crippen MR) is 517 cm³/mol. The summed E-state index contributed by atoms with van der Waals surface area (Å²) in [6.45, 7) is 30.1. The number of rotatable bonds is 13. The maximum atomic E-state index is 17.3. The minimum absolute atomic E-state index is 0.0451. The number of carbonyl (C=O) groups excluding carboxylic acids is 6. The monoisotopic (exact) mass is 1960 g/mol. The van der Waals surface area contributed by atoms with Crippen LogP contribution in [-0.4, -0.2) is 196 Å². The zero-order valence-electron chi connectivity index (χ0n) is 80.0. The van der Waals surface area contributed by atoms with Crippen molar-refractivity contribution in [2.75, 3.05) is 96.5 Å². The van der Waals surface area contributed by atoms with Gasteiger partial charge in [0.15, 0.2) is 23.0 Å². The van der Waals surface area contributed by atoms with Gasteiger partial charge in [0.2, 0.25) is 17.7 Å². The quantitative estimate of drug-likeness (QED) is 0.0549. The maximum Gasteiger partial charge on any atom is 0.287 e. The van der Waals surface area contributed by atoms with Crippen LogP contribution in [0.3, 0.4) is 0 Å². The molecule has 3 N–H and O–H groups in total. The van der Waals surface area contributed by atoms with Gasteiger partial charge in [0.1, 0.15) is 81.4 Å². The highest BCUT2D eigenvalue weighted by molar-refractivity contribution is 6.18. The van der Waals surface area contributed by atoms with E-state index in [-0.39, 0.29) is 123 Å². The number of anilines is 6. The first-order valence-corrected chi connectivity index (χ1v) is 45.4. The summed E-state index contributed by atoms with van der Waals surface area (Å²) in [5.74, 6) is -21.2. The van der Waals surface area contributed by atoms with E-state index in [2.05, 4.69) is 34.7 Å². The lowest BCUT2D eigenvalue weighted by Crippen LogP contribution is -2.75. The lowest BCUT2D eigenvalue weighted by Gasteiger charge is -2.55. The number of aromatic hydroxyl groups is 3. The summed E-state index contributed by atoms with van der Waals surface area (Å²) in [5, 5.41) is 31.1. The first-order valence-electron chi connectivity index (χ1n) is 45.4. The van der Waals surface area contributed by atoms with Gasteiger partial charge < -0.3 is 59.4 Å². The number of carbonyl (C=O) groups is 6. The first kappa shape index (κ1) is 99.5. The van der Waals surface area contributed by atoms with Crippen LogP contribution >= 0.6 is 0 Å². The van der Waals surface area contributed by atoms with Gasteiger partial charge in [0.05, 0.1) is 121 Å². The molecule has 6 aliphatic rings. The van der Waals surface area contributed by atoms with E-state index in [0.717, 1.165) is 112 Å². The van der Waals surface area contributed by atoms with Gasteiger partial charge in [-0.25, -0.2) is 48.3 Å². The molecular formula is C104H98F11N15O12. The molecule has 0 saturated carbocycles. The van der Waals surface area contributed by atoms with Crippen molar-refractivity contribution < 1.29 is 92.4 Å². The topological polar surface area (TPSA) is 297 Å². The number of aryl methyl sites for hydroxylation is 3. The third-order valence-electron chi connectivity index (χ3n) is 27.7. The van der Waals surface area contributed by atoms with Gasteiger partial charge >= 0.3 is 0 Å². The number of nitrogens with zero attached hydrogens (tertiary/aromatic N) is 15. The first-order chi connectivity index (χ1) is 67.0. The van der Waals surface area contributed by atoms with Gasteiger partial charge in [-0.1, -0.05) is 79.5 Å². The van der Waals surface area contributed by atoms with E-state index in [1.165, 1.54) is 65.3 Å². The fourth-order valence-electron chi connectivity index (χ4n) is 20.8. The Bertz CT molecular complexity index is 7360. The molecule has 142 heavy (non-hydrogen) atoms.